The molecule has 0 saturated carbocycles. The number of hydrogen-bond donors (Lipinski definition) is 4. The van der Waals surface area contributed by atoms with E-state index in [9.17, 15) is 32.3 Å². The number of piperazine rings is 1. The van der Waals surface area contributed by atoms with Crippen LogP contribution in [0.3, 0.4) is 0 Å². The number of ether oxygens (including phenoxy) is 2. The molecule has 0 aliphatic carbocycles. The van der Waals surface area contributed by atoms with Gasteiger partial charge in [-0.3, -0.25) is 19.4 Å². The van der Waals surface area contributed by atoms with E-state index in [1.54, 1.807) is 53.8 Å². The topological polar surface area (TPSA) is 186 Å². The molecule has 2 aromatic carbocycles. The van der Waals surface area contributed by atoms with E-state index in [2.05, 4.69) is 45.5 Å². The van der Waals surface area contributed by atoms with Gasteiger partial charge in [-0.1, -0.05) is 49.7 Å². The number of aliphatic imine (C=N–C) groups is 1. The second-order valence-corrected chi connectivity index (χ2v) is 16.5. The van der Waals surface area contributed by atoms with Crippen LogP contribution in [-0.4, -0.2) is 119 Å². The average Bonchev–Trinajstić information content (AvgIpc) is 4.07. The Bertz CT molecular complexity index is 2350. The maximum atomic E-state index is 13.8. The number of alkyl halides is 3. The number of carbonyl (C=O) groups is 4. The lowest BCUT2D eigenvalue weighted by Gasteiger charge is -2.45. The predicted octanol–water partition coefficient (Wildman–Crippen LogP) is 6.41. The molecule has 2 fully saturated rings. The minimum atomic E-state index is -5.06. The lowest BCUT2D eigenvalue weighted by molar-refractivity contribution is -0.274. The zero-order chi connectivity index (χ0) is 45.2. The van der Waals surface area contributed by atoms with Gasteiger partial charge in [0.05, 0.1) is 54.2 Å². The van der Waals surface area contributed by atoms with Crippen LogP contribution in [0.4, 0.5) is 29.5 Å². The van der Waals surface area contributed by atoms with Gasteiger partial charge in [0.25, 0.3) is 5.91 Å². The second-order valence-electron chi connectivity index (χ2n) is 16.1. The van der Waals surface area contributed by atoms with Crippen molar-refractivity contribution < 1.29 is 41.8 Å². The molecule has 5 atom stereocenters. The number of alkyl carbamates (subject to hydrolysis) is 1. The Balaban J connectivity index is 1.04. The first-order chi connectivity index (χ1) is 30.0. The number of benzene rings is 2. The summed E-state index contributed by atoms with van der Waals surface area (Å²) in [6, 6.07) is 10.4. The number of amides is 4. The summed E-state index contributed by atoms with van der Waals surface area (Å²) in [6.45, 7) is 9.47. The smallest absolute Gasteiger partial charge is 0.453 e. The Kier molecular flexibility index (Phi) is 13.1. The Morgan fingerprint density at radius 2 is 1.70 bits per heavy atom. The van der Waals surface area contributed by atoms with Crippen LogP contribution in [-0.2, 0) is 14.3 Å². The molecule has 0 radical (unpaired) electrons. The van der Waals surface area contributed by atoms with Crippen LogP contribution in [0.25, 0.3) is 22.4 Å². The number of anilines is 2. The third-order valence-corrected chi connectivity index (χ3v) is 11.7. The fourth-order valence-electron chi connectivity index (χ4n) is 8.10. The monoisotopic (exact) mass is 892 g/mol. The summed E-state index contributed by atoms with van der Waals surface area (Å²) in [6.07, 6.45) is 0.158. The van der Waals surface area contributed by atoms with Crippen LogP contribution in [0.15, 0.2) is 65.9 Å². The van der Waals surface area contributed by atoms with Crippen LogP contribution < -0.4 is 25.6 Å². The molecule has 20 heteroatoms. The lowest BCUT2D eigenvalue weighted by Crippen LogP contribution is -2.61. The minimum absolute atomic E-state index is 0.0161. The SMILES string of the molecule is COC(=O)N[C@H](C(=O)N1CCC[C@H]1c1ncc(-c2ccc(-c3cc(Cl)c(NC(=O)c4ccc(N5C[C@H](C)N(C(=O)C6CN=CN6)C[C@H]5C)nc4)cc3OC(F)(F)F)cc2)[nH]1)C(C)C. The van der Waals surface area contributed by atoms with Crippen molar-refractivity contribution in [3.05, 3.63) is 77.3 Å². The second kappa shape index (κ2) is 18.5. The third-order valence-electron chi connectivity index (χ3n) is 11.4. The number of hydrogen-bond acceptors (Lipinski definition) is 11. The number of H-pyrrole nitrogens is 1. The molecule has 4 amide bonds. The van der Waals surface area contributed by atoms with Gasteiger partial charge in [0.15, 0.2) is 0 Å². The molecule has 2 saturated heterocycles. The maximum absolute atomic E-state index is 13.8. The van der Waals surface area contributed by atoms with E-state index in [4.69, 9.17) is 16.3 Å². The van der Waals surface area contributed by atoms with Gasteiger partial charge in [0, 0.05) is 49.5 Å². The molecule has 4 aromatic rings. The summed E-state index contributed by atoms with van der Waals surface area (Å²) < 4.78 is 50.5. The highest BCUT2D eigenvalue weighted by molar-refractivity contribution is 6.34. The summed E-state index contributed by atoms with van der Waals surface area (Å²) in [5, 5.41) is 8.17. The van der Waals surface area contributed by atoms with Crippen LogP contribution in [0, 0.1) is 5.92 Å². The number of aromatic nitrogens is 3. The Labute approximate surface area is 366 Å². The van der Waals surface area contributed by atoms with E-state index >= 15 is 0 Å². The fraction of sp³-hybridized carbons (Fsp3) is 0.419. The number of pyridine rings is 1. The van der Waals surface area contributed by atoms with Crippen molar-refractivity contribution in [2.45, 2.75) is 77.1 Å². The fourth-order valence-corrected chi connectivity index (χ4v) is 8.31. The molecule has 1 unspecified atom stereocenters. The molecule has 3 aliphatic rings. The molecule has 5 heterocycles. The molecule has 3 aliphatic heterocycles. The van der Waals surface area contributed by atoms with Crippen LogP contribution >= 0.6 is 11.6 Å². The van der Waals surface area contributed by atoms with Gasteiger partial charge in [0.2, 0.25) is 11.8 Å². The Morgan fingerprint density at radius 3 is 2.35 bits per heavy atom. The summed E-state index contributed by atoms with van der Waals surface area (Å²) in [7, 11) is 1.23. The highest BCUT2D eigenvalue weighted by Crippen LogP contribution is 2.41. The highest BCUT2D eigenvalue weighted by Gasteiger charge is 2.39. The normalized spacial score (nSPS) is 20.4. The number of rotatable bonds is 11. The molecular formula is C43H48ClF3N10O6. The molecule has 0 spiro atoms. The molecule has 63 heavy (non-hydrogen) atoms. The van der Waals surface area contributed by atoms with Crippen molar-refractivity contribution in [2.75, 3.05) is 43.5 Å². The zero-order valence-electron chi connectivity index (χ0n) is 35.2. The predicted molar refractivity (Wildman–Crippen MR) is 229 cm³/mol. The standard InChI is InChI=1S/C43H48ClF3N10O6/c1-23(2)37(54-42(61)62-5)41(60)55-14-6-7-34(55)38-50-19-32(52-38)27-10-8-26(9-11-27)29-15-30(44)31(16-35(29)63-43(45,46)47)53-39(58)28-12-13-36(49-17-28)56-20-25(4)57(21-24(56)3)40(59)33-18-48-22-51-33/h8-13,15-17,19,22-25,33-34,37H,6-7,14,18,20-21H2,1-5H3,(H,48,51)(H,50,52)(H,53,58)(H,54,61)/t24-,25+,33?,34+,37+/m1/s1. The van der Waals surface area contributed by atoms with Gasteiger partial charge in [-0.15, -0.1) is 13.2 Å². The van der Waals surface area contributed by atoms with Gasteiger partial charge in [-0.05, 0) is 61.9 Å². The van der Waals surface area contributed by atoms with Crippen molar-refractivity contribution >= 4 is 53.3 Å². The summed E-state index contributed by atoms with van der Waals surface area (Å²) >= 11 is 6.60. The third kappa shape index (κ3) is 9.98. The van der Waals surface area contributed by atoms with Gasteiger partial charge < -0.3 is 45.1 Å². The van der Waals surface area contributed by atoms with Gasteiger partial charge >= 0.3 is 12.5 Å². The van der Waals surface area contributed by atoms with E-state index in [1.165, 1.54) is 19.4 Å². The maximum Gasteiger partial charge on any atom is 0.573 e. The van der Waals surface area contributed by atoms with Crippen LogP contribution in [0.5, 0.6) is 5.75 Å². The number of likely N-dealkylation sites (tertiary alicyclic amines) is 1. The molecule has 7 rings (SSSR count). The van der Waals surface area contributed by atoms with Crippen molar-refractivity contribution in [3.8, 4) is 28.1 Å². The zero-order valence-corrected chi connectivity index (χ0v) is 36.0. The van der Waals surface area contributed by atoms with Crippen LogP contribution in [0.1, 0.15) is 62.8 Å². The molecule has 334 valence electrons. The lowest BCUT2D eigenvalue weighted by atomic mass is 10.0. The summed E-state index contributed by atoms with van der Waals surface area (Å²) in [4.78, 5) is 74.0. The Hall–Kier alpha value is -6.37. The molecular weight excluding hydrogens is 845 g/mol. The quantitative estimate of drug-likeness (QED) is 0.131. The molecule has 2 aromatic heterocycles. The number of carbonyl (C=O) groups excluding carboxylic acids is 4. The molecule has 16 nitrogen and oxygen atoms in total. The number of nitrogens with zero attached hydrogens (tertiary/aromatic N) is 6. The summed E-state index contributed by atoms with van der Waals surface area (Å²) in [5.41, 5.74) is 1.68. The van der Waals surface area contributed by atoms with Gasteiger partial charge in [-0.25, -0.2) is 14.8 Å². The first kappa shape index (κ1) is 44.7. The molecule has 4 N–H and O–H groups in total. The van der Waals surface area contributed by atoms with E-state index in [-0.39, 0.29) is 63.7 Å². The Morgan fingerprint density at radius 1 is 0.952 bits per heavy atom. The van der Waals surface area contributed by atoms with Gasteiger partial charge in [0.1, 0.15) is 29.5 Å². The number of nitrogens with one attached hydrogen (secondary N) is 4. The largest absolute Gasteiger partial charge is 0.573 e. The van der Waals surface area contributed by atoms with Crippen molar-refractivity contribution in [3.63, 3.8) is 0 Å². The highest BCUT2D eigenvalue weighted by atomic mass is 35.5. The van der Waals surface area contributed by atoms with E-state index in [1.807, 2.05) is 32.6 Å². The number of halogens is 4. The first-order valence-corrected chi connectivity index (χ1v) is 20.9. The van der Waals surface area contributed by atoms with E-state index in [0.717, 1.165) is 12.5 Å². The van der Waals surface area contributed by atoms with E-state index in [0.29, 0.717) is 61.1 Å². The number of aromatic amines is 1. The minimum Gasteiger partial charge on any atom is -0.453 e. The number of imidazole rings is 1. The molecule has 0 bridgehead atoms. The summed E-state index contributed by atoms with van der Waals surface area (Å²) in [5.74, 6) is -0.549. The van der Waals surface area contributed by atoms with E-state index < -0.39 is 30.2 Å². The van der Waals surface area contributed by atoms with Crippen molar-refractivity contribution in [1.29, 1.82) is 0 Å². The number of methoxy groups -OCH3 is 1. The first-order valence-electron chi connectivity index (χ1n) is 20.5. The van der Waals surface area contributed by atoms with Gasteiger partial charge in [-0.2, -0.15) is 0 Å². The van der Waals surface area contributed by atoms with Crippen LogP contribution in [0.2, 0.25) is 5.02 Å². The van der Waals surface area contributed by atoms with Crippen molar-refractivity contribution in [2.24, 2.45) is 10.9 Å². The van der Waals surface area contributed by atoms with Crippen molar-refractivity contribution in [1.82, 2.24) is 35.4 Å². The average molecular weight is 893 g/mol.